The third kappa shape index (κ3) is 4.19. The summed E-state index contributed by atoms with van der Waals surface area (Å²) in [5.74, 6) is 1.63. The van der Waals surface area contributed by atoms with Crippen molar-refractivity contribution in [1.29, 1.82) is 0 Å². The zero-order chi connectivity index (χ0) is 21.9. The summed E-state index contributed by atoms with van der Waals surface area (Å²) in [6.45, 7) is 3.37. The Kier molecular flexibility index (Phi) is 5.55. The van der Waals surface area contributed by atoms with Crippen molar-refractivity contribution in [3.8, 4) is 0 Å². The van der Waals surface area contributed by atoms with Gasteiger partial charge in [0.2, 0.25) is 5.91 Å². The highest BCUT2D eigenvalue weighted by Crippen LogP contribution is 2.24. The molecule has 9 nitrogen and oxygen atoms in total. The molecular weight excluding hydrogens is 428 g/mol. The number of benzene rings is 1. The largest absolute Gasteiger partial charge is 0.353 e. The Bertz CT molecular complexity index is 1220. The van der Waals surface area contributed by atoms with Gasteiger partial charge in [0.15, 0.2) is 5.65 Å². The highest BCUT2D eigenvalue weighted by atomic mass is 35.5. The molecule has 0 saturated carbocycles. The molecule has 1 N–H and O–H groups in total. The number of hydrogen-bond donors (Lipinski definition) is 1. The number of aromatic nitrogens is 5. The summed E-state index contributed by atoms with van der Waals surface area (Å²) < 4.78 is 1.59. The van der Waals surface area contributed by atoms with Crippen LogP contribution in [-0.2, 0) is 11.3 Å². The first-order valence-corrected chi connectivity index (χ1v) is 10.7. The van der Waals surface area contributed by atoms with Crippen molar-refractivity contribution < 1.29 is 4.79 Å². The van der Waals surface area contributed by atoms with Crippen LogP contribution in [0.2, 0.25) is 5.02 Å². The van der Waals surface area contributed by atoms with Crippen LogP contribution in [0.15, 0.2) is 61.2 Å². The van der Waals surface area contributed by atoms with E-state index in [1.165, 1.54) is 6.33 Å². The van der Waals surface area contributed by atoms with Crippen molar-refractivity contribution in [1.82, 2.24) is 24.7 Å². The molecule has 1 aromatic carbocycles. The highest BCUT2D eigenvalue weighted by Gasteiger charge is 2.22. The molecule has 0 radical (unpaired) electrons. The van der Waals surface area contributed by atoms with Gasteiger partial charge in [-0.2, -0.15) is 5.10 Å². The molecule has 4 heterocycles. The zero-order valence-electron chi connectivity index (χ0n) is 17.2. The Hall–Kier alpha value is -3.72. The van der Waals surface area contributed by atoms with E-state index in [0.717, 1.165) is 43.2 Å². The van der Waals surface area contributed by atoms with Crippen molar-refractivity contribution >= 4 is 45.9 Å². The third-order valence-electron chi connectivity index (χ3n) is 5.39. The third-order valence-corrected chi connectivity index (χ3v) is 5.64. The van der Waals surface area contributed by atoms with Crippen LogP contribution < -0.4 is 15.1 Å². The number of rotatable bonds is 5. The molecule has 1 aliphatic rings. The second-order valence-electron chi connectivity index (χ2n) is 7.45. The minimum atomic E-state index is -0.193. The Morgan fingerprint density at radius 1 is 0.969 bits per heavy atom. The van der Waals surface area contributed by atoms with Gasteiger partial charge in [-0.3, -0.25) is 4.79 Å². The second kappa shape index (κ2) is 8.80. The molecule has 5 rings (SSSR count). The topological polar surface area (TPSA) is 92.1 Å². The number of amides is 1. The van der Waals surface area contributed by atoms with Crippen LogP contribution in [0, 0.1) is 0 Å². The monoisotopic (exact) mass is 448 g/mol. The number of hydrogen-bond acceptors (Lipinski definition) is 7. The fourth-order valence-electron chi connectivity index (χ4n) is 3.81. The number of fused-ring (bicyclic) bond motifs is 1. The first kappa shape index (κ1) is 20.2. The maximum absolute atomic E-state index is 12.5. The van der Waals surface area contributed by atoms with Crippen LogP contribution in [0.5, 0.6) is 0 Å². The van der Waals surface area contributed by atoms with Crippen molar-refractivity contribution in [3.05, 3.63) is 66.2 Å². The summed E-state index contributed by atoms with van der Waals surface area (Å²) >= 11 is 5.90. The lowest BCUT2D eigenvalue weighted by Gasteiger charge is -2.36. The number of pyridine rings is 1. The summed E-state index contributed by atoms with van der Waals surface area (Å²) in [5, 5.41) is 8.69. The van der Waals surface area contributed by atoms with E-state index in [0.29, 0.717) is 16.4 Å². The van der Waals surface area contributed by atoms with Crippen LogP contribution in [0.25, 0.3) is 11.0 Å². The van der Waals surface area contributed by atoms with Crippen LogP contribution >= 0.6 is 11.6 Å². The number of halogens is 1. The van der Waals surface area contributed by atoms with Crippen molar-refractivity contribution in [2.45, 2.75) is 6.54 Å². The lowest BCUT2D eigenvalue weighted by Crippen LogP contribution is -2.47. The Labute approximate surface area is 189 Å². The molecule has 4 aromatic rings. The number of anilines is 3. The summed E-state index contributed by atoms with van der Waals surface area (Å²) in [4.78, 5) is 30.3. The number of nitrogens with zero attached hydrogens (tertiary/aromatic N) is 7. The van der Waals surface area contributed by atoms with Crippen molar-refractivity contribution in [2.24, 2.45) is 0 Å². The standard InChI is InChI=1S/C22H21ClN8O/c23-16-4-6-17(7-5-16)28-20(32)14-31-22-18(13-27-31)21(25-15-26-22)30-11-9-29(10-12-30)19-3-1-2-8-24-19/h1-8,13,15H,9-12,14H2,(H,28,32). The van der Waals surface area contributed by atoms with Gasteiger partial charge in [-0.25, -0.2) is 19.6 Å². The molecule has 0 atom stereocenters. The van der Waals surface area contributed by atoms with E-state index >= 15 is 0 Å². The van der Waals surface area contributed by atoms with E-state index < -0.39 is 0 Å². The number of carbonyl (C=O) groups is 1. The summed E-state index contributed by atoms with van der Waals surface area (Å²) in [6, 6.07) is 12.9. The lowest BCUT2D eigenvalue weighted by molar-refractivity contribution is -0.116. The number of carbonyl (C=O) groups excluding carboxylic acids is 1. The van der Waals surface area contributed by atoms with Gasteiger partial charge in [-0.05, 0) is 36.4 Å². The predicted octanol–water partition coefficient (Wildman–Crippen LogP) is 2.84. The summed E-state index contributed by atoms with van der Waals surface area (Å²) in [5.41, 5.74) is 1.31. The smallest absolute Gasteiger partial charge is 0.246 e. The molecule has 3 aromatic heterocycles. The molecule has 0 unspecified atom stereocenters. The molecule has 0 aliphatic carbocycles. The Morgan fingerprint density at radius 3 is 2.50 bits per heavy atom. The number of piperazine rings is 1. The van der Waals surface area contributed by atoms with Crippen LogP contribution in [0.3, 0.4) is 0 Å². The predicted molar refractivity (Wildman–Crippen MR) is 124 cm³/mol. The van der Waals surface area contributed by atoms with Gasteiger partial charge in [0, 0.05) is 43.1 Å². The van der Waals surface area contributed by atoms with E-state index in [2.05, 4.69) is 35.2 Å². The van der Waals surface area contributed by atoms with Gasteiger partial charge < -0.3 is 15.1 Å². The first-order valence-electron chi connectivity index (χ1n) is 10.3. The number of nitrogens with one attached hydrogen (secondary N) is 1. The van der Waals surface area contributed by atoms with Crippen LogP contribution in [0.1, 0.15) is 0 Å². The lowest BCUT2D eigenvalue weighted by atomic mass is 10.2. The molecule has 0 spiro atoms. The zero-order valence-corrected chi connectivity index (χ0v) is 18.0. The van der Waals surface area contributed by atoms with Gasteiger partial charge in [0.05, 0.1) is 11.6 Å². The minimum Gasteiger partial charge on any atom is -0.353 e. The van der Waals surface area contributed by atoms with E-state index in [1.54, 1.807) is 35.1 Å². The Morgan fingerprint density at radius 2 is 1.75 bits per heavy atom. The maximum atomic E-state index is 12.5. The highest BCUT2D eigenvalue weighted by molar-refractivity contribution is 6.30. The molecule has 1 amide bonds. The van der Waals surface area contributed by atoms with Crippen LogP contribution in [-0.4, -0.2) is 56.8 Å². The van der Waals surface area contributed by atoms with Crippen molar-refractivity contribution in [3.63, 3.8) is 0 Å². The fraction of sp³-hybridized carbons (Fsp3) is 0.227. The summed E-state index contributed by atoms with van der Waals surface area (Å²) in [6.07, 6.45) is 5.07. The first-order chi connectivity index (χ1) is 15.7. The normalized spacial score (nSPS) is 14.0. The molecule has 10 heteroatoms. The van der Waals surface area contributed by atoms with Crippen molar-refractivity contribution in [2.75, 3.05) is 41.3 Å². The van der Waals surface area contributed by atoms with Gasteiger partial charge in [0.25, 0.3) is 0 Å². The Balaban J connectivity index is 1.29. The molecule has 1 fully saturated rings. The van der Waals surface area contributed by atoms with E-state index in [9.17, 15) is 4.79 Å². The molecule has 1 saturated heterocycles. The van der Waals surface area contributed by atoms with E-state index in [-0.39, 0.29) is 12.5 Å². The van der Waals surface area contributed by atoms with Gasteiger partial charge >= 0.3 is 0 Å². The maximum Gasteiger partial charge on any atom is 0.246 e. The van der Waals surface area contributed by atoms with Gasteiger partial charge in [0.1, 0.15) is 24.5 Å². The van der Waals surface area contributed by atoms with Crippen LogP contribution in [0.4, 0.5) is 17.3 Å². The molecule has 1 aliphatic heterocycles. The molecular formula is C22H21ClN8O. The average Bonchev–Trinajstić information content (AvgIpc) is 3.24. The van der Waals surface area contributed by atoms with Gasteiger partial charge in [-0.15, -0.1) is 0 Å². The van der Waals surface area contributed by atoms with Gasteiger partial charge in [-0.1, -0.05) is 17.7 Å². The SMILES string of the molecule is O=C(Cn1ncc2c(N3CCN(c4ccccn4)CC3)ncnc21)Nc1ccc(Cl)cc1. The molecule has 32 heavy (non-hydrogen) atoms. The van der Waals surface area contributed by atoms with E-state index in [4.69, 9.17) is 11.6 Å². The minimum absolute atomic E-state index is 0.0516. The second-order valence-corrected chi connectivity index (χ2v) is 7.89. The summed E-state index contributed by atoms with van der Waals surface area (Å²) in [7, 11) is 0. The molecule has 0 bridgehead atoms. The average molecular weight is 449 g/mol. The molecule has 162 valence electrons. The quantitative estimate of drug-likeness (QED) is 0.501. The fourth-order valence-corrected chi connectivity index (χ4v) is 3.93. The van der Waals surface area contributed by atoms with E-state index in [1.807, 2.05) is 24.4 Å².